The second-order valence-electron chi connectivity index (χ2n) is 4.87. The Morgan fingerprint density at radius 2 is 1.75 bits per heavy atom. The van der Waals surface area contributed by atoms with E-state index in [1.807, 2.05) is 7.05 Å². The first kappa shape index (κ1) is 11.8. The van der Waals surface area contributed by atoms with Gasteiger partial charge in [0.05, 0.1) is 0 Å². The van der Waals surface area contributed by atoms with Gasteiger partial charge < -0.3 is 5.23 Å². The zero-order valence-corrected chi connectivity index (χ0v) is 9.41. The number of allylic oxidation sites excluding steroid dienone is 2. The first-order valence-corrected chi connectivity index (χ1v) is 4.66. The molecule has 0 saturated heterocycles. The van der Waals surface area contributed by atoms with Gasteiger partial charge in [0.1, 0.15) is 0 Å². The van der Waals surface area contributed by atoms with Crippen LogP contribution in [-0.2, 0) is 0 Å². The maximum absolute atomic E-state index is 3.21. The van der Waals surface area contributed by atoms with Gasteiger partial charge in [0.15, 0.2) is 0 Å². The molecular weight excluding hydrogens is 145 g/mol. The number of hydrogen-bond donors (Lipinski definition) is 1. The largest absolute Gasteiger partial charge is 0.358 e. The molecule has 0 atom stereocenters. The molecule has 0 aromatic carbocycles. The first-order chi connectivity index (χ1) is 5.37. The van der Waals surface area contributed by atoms with E-state index in [2.05, 4.69) is 39.8 Å². The molecule has 2 heteroatoms. The maximum Gasteiger partial charge on any atom is 0.231 e. The Bertz CT molecular complexity index is 161. The molecule has 1 N–H and O–H groups in total. The predicted octanol–water partition coefficient (Wildman–Crippen LogP) is 2.29. The molecule has 0 aliphatic heterocycles. The summed E-state index contributed by atoms with van der Waals surface area (Å²) in [6, 6.07) is 0. The van der Waals surface area contributed by atoms with Crippen molar-refractivity contribution in [3.8, 4) is 0 Å². The van der Waals surface area contributed by atoms with Gasteiger partial charge in [-0.3, -0.25) is 0 Å². The Kier molecular flexibility index (Phi) is 4.62. The predicted molar refractivity (Wildman–Crippen MR) is 58.7 cm³/mol. The maximum atomic E-state index is 3.21. The van der Waals surface area contributed by atoms with Crippen LogP contribution in [0.15, 0.2) is 11.0 Å². The third kappa shape index (κ3) is 5.42. The minimum absolute atomic E-state index is 0.406. The van der Waals surface area contributed by atoms with Crippen molar-refractivity contribution in [3.05, 3.63) is 11.0 Å². The Balaban J connectivity index is 4.26. The fourth-order valence-electron chi connectivity index (χ4n) is 1.27. The van der Waals surface area contributed by atoms with Crippen LogP contribution in [0.25, 0.3) is 0 Å². The van der Waals surface area contributed by atoms with Crippen molar-refractivity contribution < 1.29 is 0 Å². The molecule has 12 heavy (non-hydrogen) atoms. The van der Waals surface area contributed by atoms with Crippen molar-refractivity contribution in [1.29, 1.82) is 0 Å². The summed E-state index contributed by atoms with van der Waals surface area (Å²) < 4.78 is 0. The van der Waals surface area contributed by atoms with Crippen LogP contribution in [0.4, 0.5) is 0 Å². The zero-order chi connectivity index (χ0) is 9.78. The highest BCUT2D eigenvalue weighted by Gasteiger charge is 2.13. The summed E-state index contributed by atoms with van der Waals surface area (Å²) in [5.41, 5.74) is 3.41. The molecule has 70 valence electrons. The first-order valence-electron chi connectivity index (χ1n) is 4.66. The van der Waals surface area contributed by atoms with E-state index in [-0.39, 0.29) is 0 Å². The number of nitrogens with one attached hydrogen (secondary N) is 1. The van der Waals surface area contributed by atoms with Crippen molar-refractivity contribution in [3.63, 3.8) is 0 Å². The molecule has 1 nitrogen and oxygen atoms in total. The summed E-state index contributed by atoms with van der Waals surface area (Å²) in [6.45, 7) is 11.2. The Morgan fingerprint density at radius 1 is 1.25 bits per heavy atom. The van der Waals surface area contributed by atoms with Crippen molar-refractivity contribution >= 4 is 7.41 Å². The average molecular weight is 167 g/mol. The van der Waals surface area contributed by atoms with Crippen LogP contribution in [0.1, 0.15) is 41.0 Å². The van der Waals surface area contributed by atoms with E-state index in [1.165, 1.54) is 12.0 Å². The second-order valence-corrected chi connectivity index (χ2v) is 4.87. The van der Waals surface area contributed by atoms with E-state index in [9.17, 15) is 0 Å². The third-order valence-electron chi connectivity index (χ3n) is 1.84. The monoisotopic (exact) mass is 167 g/mol. The van der Waals surface area contributed by atoms with E-state index in [1.54, 1.807) is 5.47 Å². The summed E-state index contributed by atoms with van der Waals surface area (Å²) in [7, 11) is 3.03. The van der Waals surface area contributed by atoms with Gasteiger partial charge in [-0.25, -0.2) is 0 Å². The van der Waals surface area contributed by atoms with E-state index in [0.29, 0.717) is 5.41 Å². The molecule has 0 aromatic heterocycles. The molecule has 0 radical (unpaired) electrons. The van der Waals surface area contributed by atoms with Crippen molar-refractivity contribution in [2.75, 3.05) is 7.05 Å². The molecule has 0 fully saturated rings. The summed E-state index contributed by atoms with van der Waals surface area (Å²) >= 11 is 0. The van der Waals surface area contributed by atoms with Gasteiger partial charge in [0.25, 0.3) is 0 Å². The van der Waals surface area contributed by atoms with Gasteiger partial charge >= 0.3 is 0 Å². The van der Waals surface area contributed by atoms with Crippen LogP contribution in [0.2, 0.25) is 0 Å². The lowest BCUT2D eigenvalue weighted by molar-refractivity contribution is 0.415. The topological polar surface area (TPSA) is 12.0 Å². The van der Waals surface area contributed by atoms with Crippen LogP contribution >= 0.6 is 0 Å². The molecule has 0 heterocycles. The second kappa shape index (κ2) is 4.71. The summed E-state index contributed by atoms with van der Waals surface area (Å²) in [4.78, 5) is 0. The van der Waals surface area contributed by atoms with Gasteiger partial charge in [-0.05, 0) is 32.7 Å². The minimum atomic E-state index is 0.406. The normalized spacial score (nSPS) is 11.2. The lowest BCUT2D eigenvalue weighted by Gasteiger charge is -2.21. The van der Waals surface area contributed by atoms with Crippen molar-refractivity contribution in [2.24, 2.45) is 5.41 Å². The number of rotatable bonds is 3. The van der Waals surface area contributed by atoms with Crippen molar-refractivity contribution in [1.82, 2.24) is 5.23 Å². The smallest absolute Gasteiger partial charge is 0.231 e. The Labute approximate surface area is 77.9 Å². The molecule has 0 amide bonds. The Hall–Kier alpha value is -0.235. The standard InChI is InChI=1S/C10H22BN/c1-8(2)9(11-12-6)7-10(3,4)5/h11-12H,7H2,1-6H3. The zero-order valence-electron chi connectivity index (χ0n) is 9.41. The summed E-state index contributed by atoms with van der Waals surface area (Å²) in [6.07, 6.45) is 1.19. The quantitative estimate of drug-likeness (QED) is 0.636. The molecule has 0 aliphatic carbocycles. The molecule has 0 bridgehead atoms. The van der Waals surface area contributed by atoms with Gasteiger partial charge in [0, 0.05) is 0 Å². The minimum Gasteiger partial charge on any atom is -0.358 e. The highest BCUT2D eigenvalue weighted by molar-refractivity contribution is 6.42. The molecular formula is C10H22BN. The lowest BCUT2D eigenvalue weighted by Crippen LogP contribution is -2.20. The molecule has 0 aliphatic rings. The van der Waals surface area contributed by atoms with Crippen LogP contribution in [-0.4, -0.2) is 14.5 Å². The van der Waals surface area contributed by atoms with E-state index >= 15 is 0 Å². The van der Waals surface area contributed by atoms with Crippen LogP contribution < -0.4 is 5.23 Å². The molecule has 0 rings (SSSR count). The fraction of sp³-hybridized carbons (Fsp3) is 0.800. The number of hydrogen-bond acceptors (Lipinski definition) is 1. The van der Waals surface area contributed by atoms with Crippen LogP contribution in [0.5, 0.6) is 0 Å². The lowest BCUT2D eigenvalue weighted by atomic mass is 9.71. The van der Waals surface area contributed by atoms with Gasteiger partial charge in [-0.15, -0.1) is 0 Å². The van der Waals surface area contributed by atoms with Crippen LogP contribution in [0, 0.1) is 5.41 Å². The molecule has 0 spiro atoms. The van der Waals surface area contributed by atoms with Gasteiger partial charge in [-0.2, -0.15) is 0 Å². The Morgan fingerprint density at radius 3 is 2.00 bits per heavy atom. The van der Waals surface area contributed by atoms with E-state index < -0.39 is 0 Å². The summed E-state index contributed by atoms with van der Waals surface area (Å²) in [5.74, 6) is 0. The van der Waals surface area contributed by atoms with Crippen molar-refractivity contribution in [2.45, 2.75) is 41.0 Å². The van der Waals surface area contributed by atoms with E-state index in [4.69, 9.17) is 0 Å². The molecule has 0 aromatic rings. The highest BCUT2D eigenvalue weighted by Crippen LogP contribution is 2.24. The van der Waals surface area contributed by atoms with Gasteiger partial charge in [0.2, 0.25) is 7.41 Å². The third-order valence-corrected chi connectivity index (χ3v) is 1.84. The van der Waals surface area contributed by atoms with Gasteiger partial charge in [-0.1, -0.05) is 31.8 Å². The summed E-state index contributed by atoms with van der Waals surface area (Å²) in [5, 5.41) is 3.21. The SMILES string of the molecule is CNBC(CC(C)(C)C)=C(C)C. The van der Waals surface area contributed by atoms with E-state index in [0.717, 1.165) is 7.41 Å². The highest BCUT2D eigenvalue weighted by atomic mass is 14.7. The molecule has 0 saturated carbocycles. The fourth-order valence-corrected chi connectivity index (χ4v) is 1.27. The van der Waals surface area contributed by atoms with Crippen LogP contribution in [0.3, 0.4) is 0 Å². The molecule has 0 unspecified atom stereocenters. The average Bonchev–Trinajstić information content (AvgIpc) is 1.83.